The molecule has 0 saturated carbocycles. The standard InChI is InChI=1S/C19H27N3O4/c1-14(23)21-18-16(13-22-7-9-25-10-8-22)11-15(12-20-18)5-6-17(24)26-19(2,3)4/h5-6,11-12H,7-10,13H2,1-4H3,(H,20,21,23)/b6-5+. The first kappa shape index (κ1) is 20.1. The summed E-state index contributed by atoms with van der Waals surface area (Å²) in [7, 11) is 0. The number of ether oxygens (including phenoxy) is 2. The Kier molecular flexibility index (Phi) is 6.88. The Morgan fingerprint density at radius 1 is 1.35 bits per heavy atom. The molecule has 1 aliphatic rings. The summed E-state index contributed by atoms with van der Waals surface area (Å²) in [5.74, 6) is -0.0330. The van der Waals surface area contributed by atoms with Crippen LogP contribution in [0.5, 0.6) is 0 Å². The summed E-state index contributed by atoms with van der Waals surface area (Å²) in [4.78, 5) is 29.9. The molecular formula is C19H27N3O4. The lowest BCUT2D eigenvalue weighted by atomic mass is 10.1. The summed E-state index contributed by atoms with van der Waals surface area (Å²) >= 11 is 0. The summed E-state index contributed by atoms with van der Waals surface area (Å²) in [5.41, 5.74) is 1.14. The predicted molar refractivity (Wildman–Crippen MR) is 99.5 cm³/mol. The van der Waals surface area contributed by atoms with Gasteiger partial charge in [0.15, 0.2) is 0 Å². The van der Waals surface area contributed by atoms with Gasteiger partial charge in [0.1, 0.15) is 11.4 Å². The SMILES string of the molecule is CC(=O)Nc1ncc(/C=C/C(=O)OC(C)(C)C)cc1CN1CCOCC1. The van der Waals surface area contributed by atoms with Crippen LogP contribution in [0.15, 0.2) is 18.3 Å². The topological polar surface area (TPSA) is 80.8 Å². The van der Waals surface area contributed by atoms with Crippen LogP contribution in [0.25, 0.3) is 6.08 Å². The van der Waals surface area contributed by atoms with E-state index in [0.717, 1.165) is 24.2 Å². The number of amides is 1. The lowest BCUT2D eigenvalue weighted by molar-refractivity contribution is -0.148. The Hall–Kier alpha value is -2.25. The van der Waals surface area contributed by atoms with Crippen LogP contribution >= 0.6 is 0 Å². The summed E-state index contributed by atoms with van der Waals surface area (Å²) in [5, 5.41) is 2.76. The first-order valence-corrected chi connectivity index (χ1v) is 8.70. The molecule has 7 heteroatoms. The maximum Gasteiger partial charge on any atom is 0.331 e. The van der Waals surface area contributed by atoms with Crippen molar-refractivity contribution in [1.29, 1.82) is 0 Å². The van der Waals surface area contributed by atoms with Crippen molar-refractivity contribution in [3.8, 4) is 0 Å². The van der Waals surface area contributed by atoms with Gasteiger partial charge in [0.2, 0.25) is 5.91 Å². The van der Waals surface area contributed by atoms with Gasteiger partial charge in [0.05, 0.1) is 13.2 Å². The Labute approximate surface area is 154 Å². The van der Waals surface area contributed by atoms with Gasteiger partial charge in [-0.1, -0.05) is 0 Å². The fourth-order valence-corrected chi connectivity index (χ4v) is 2.52. The molecule has 0 unspecified atom stereocenters. The maximum atomic E-state index is 11.8. The van der Waals surface area contributed by atoms with Crippen LogP contribution in [-0.2, 0) is 25.6 Å². The Morgan fingerprint density at radius 3 is 2.65 bits per heavy atom. The molecule has 142 valence electrons. The van der Waals surface area contributed by atoms with E-state index in [4.69, 9.17) is 9.47 Å². The normalized spacial score (nSPS) is 15.8. The molecule has 1 saturated heterocycles. The molecule has 7 nitrogen and oxygen atoms in total. The van der Waals surface area contributed by atoms with Crippen molar-refractivity contribution in [1.82, 2.24) is 9.88 Å². The van der Waals surface area contributed by atoms with Gasteiger partial charge >= 0.3 is 5.97 Å². The fraction of sp³-hybridized carbons (Fsp3) is 0.526. The number of hydrogen-bond acceptors (Lipinski definition) is 6. The van der Waals surface area contributed by atoms with Gasteiger partial charge in [-0.3, -0.25) is 9.69 Å². The van der Waals surface area contributed by atoms with Crippen molar-refractivity contribution in [2.75, 3.05) is 31.6 Å². The van der Waals surface area contributed by atoms with Gasteiger partial charge in [-0.05, 0) is 38.5 Å². The van der Waals surface area contributed by atoms with E-state index in [1.54, 1.807) is 12.3 Å². The Morgan fingerprint density at radius 2 is 2.04 bits per heavy atom. The zero-order valence-electron chi connectivity index (χ0n) is 15.9. The molecule has 1 N–H and O–H groups in total. The van der Waals surface area contributed by atoms with Gasteiger partial charge in [0, 0.05) is 44.4 Å². The second-order valence-electron chi connectivity index (χ2n) is 7.21. The van der Waals surface area contributed by atoms with Crippen molar-refractivity contribution in [3.63, 3.8) is 0 Å². The van der Waals surface area contributed by atoms with E-state index in [9.17, 15) is 9.59 Å². The van der Waals surface area contributed by atoms with E-state index in [2.05, 4.69) is 15.2 Å². The molecule has 0 radical (unpaired) electrons. The quantitative estimate of drug-likeness (QED) is 0.640. The zero-order valence-corrected chi connectivity index (χ0v) is 15.9. The molecule has 1 amide bonds. The summed E-state index contributed by atoms with van der Waals surface area (Å²) in [6, 6.07) is 1.93. The molecule has 0 spiro atoms. The average molecular weight is 361 g/mol. The Bertz CT molecular complexity index is 674. The molecule has 2 heterocycles. The van der Waals surface area contributed by atoms with E-state index >= 15 is 0 Å². The highest BCUT2D eigenvalue weighted by Gasteiger charge is 2.16. The minimum Gasteiger partial charge on any atom is -0.457 e. The molecule has 0 aromatic carbocycles. The first-order valence-electron chi connectivity index (χ1n) is 8.70. The van der Waals surface area contributed by atoms with E-state index < -0.39 is 11.6 Å². The van der Waals surface area contributed by atoms with E-state index in [1.165, 1.54) is 13.0 Å². The van der Waals surface area contributed by atoms with Gasteiger partial charge in [-0.15, -0.1) is 0 Å². The number of aromatic nitrogens is 1. The number of carbonyl (C=O) groups excluding carboxylic acids is 2. The van der Waals surface area contributed by atoms with Gasteiger partial charge in [-0.25, -0.2) is 9.78 Å². The van der Waals surface area contributed by atoms with Crippen LogP contribution in [0, 0.1) is 0 Å². The second-order valence-corrected chi connectivity index (χ2v) is 7.21. The number of hydrogen-bond donors (Lipinski definition) is 1. The third kappa shape index (κ3) is 6.93. The zero-order chi connectivity index (χ0) is 19.2. The second kappa shape index (κ2) is 8.91. The van der Waals surface area contributed by atoms with Crippen LogP contribution in [0.4, 0.5) is 5.82 Å². The molecular weight excluding hydrogens is 334 g/mol. The minimum atomic E-state index is -0.531. The Balaban J connectivity index is 2.15. The maximum absolute atomic E-state index is 11.8. The predicted octanol–water partition coefficient (Wildman–Crippen LogP) is 2.23. The lowest BCUT2D eigenvalue weighted by Crippen LogP contribution is -2.36. The van der Waals surface area contributed by atoms with Crippen LogP contribution in [0.2, 0.25) is 0 Å². The number of anilines is 1. The van der Waals surface area contributed by atoms with Crippen molar-refractivity contribution < 1.29 is 19.1 Å². The van der Waals surface area contributed by atoms with Crippen LogP contribution < -0.4 is 5.32 Å². The number of carbonyl (C=O) groups is 2. The third-order valence-electron chi connectivity index (χ3n) is 3.60. The molecule has 1 aromatic heterocycles. The number of nitrogens with one attached hydrogen (secondary N) is 1. The highest BCUT2D eigenvalue weighted by Crippen LogP contribution is 2.19. The number of pyridine rings is 1. The lowest BCUT2D eigenvalue weighted by Gasteiger charge is -2.27. The number of morpholine rings is 1. The largest absolute Gasteiger partial charge is 0.457 e. The van der Waals surface area contributed by atoms with Crippen LogP contribution in [-0.4, -0.2) is 53.7 Å². The monoisotopic (exact) mass is 361 g/mol. The van der Waals surface area contributed by atoms with Crippen molar-refractivity contribution in [2.45, 2.75) is 39.8 Å². The number of esters is 1. The molecule has 1 aliphatic heterocycles. The average Bonchev–Trinajstić information content (AvgIpc) is 2.54. The third-order valence-corrected chi connectivity index (χ3v) is 3.60. The number of rotatable bonds is 5. The van der Waals surface area contributed by atoms with Gasteiger partial charge in [0.25, 0.3) is 0 Å². The summed E-state index contributed by atoms with van der Waals surface area (Å²) in [6.45, 7) is 10.6. The summed E-state index contributed by atoms with van der Waals surface area (Å²) in [6.07, 6.45) is 4.68. The van der Waals surface area contributed by atoms with E-state index in [-0.39, 0.29) is 5.91 Å². The minimum absolute atomic E-state index is 0.169. The molecule has 1 fully saturated rings. The van der Waals surface area contributed by atoms with Crippen molar-refractivity contribution in [2.24, 2.45) is 0 Å². The molecule has 0 aliphatic carbocycles. The highest BCUT2D eigenvalue weighted by atomic mass is 16.6. The number of nitrogens with zero attached hydrogens (tertiary/aromatic N) is 2. The van der Waals surface area contributed by atoms with E-state index in [1.807, 2.05) is 26.8 Å². The van der Waals surface area contributed by atoms with Crippen molar-refractivity contribution in [3.05, 3.63) is 29.5 Å². The fourth-order valence-electron chi connectivity index (χ4n) is 2.52. The summed E-state index contributed by atoms with van der Waals surface area (Å²) < 4.78 is 10.6. The van der Waals surface area contributed by atoms with Gasteiger partial charge in [-0.2, -0.15) is 0 Å². The highest BCUT2D eigenvalue weighted by molar-refractivity contribution is 5.89. The van der Waals surface area contributed by atoms with Crippen LogP contribution in [0.3, 0.4) is 0 Å². The molecule has 26 heavy (non-hydrogen) atoms. The molecule has 2 rings (SSSR count). The van der Waals surface area contributed by atoms with E-state index in [0.29, 0.717) is 25.6 Å². The van der Waals surface area contributed by atoms with Crippen LogP contribution in [0.1, 0.15) is 38.8 Å². The van der Waals surface area contributed by atoms with Gasteiger partial charge < -0.3 is 14.8 Å². The first-order chi connectivity index (χ1) is 12.2. The molecule has 1 aromatic rings. The molecule has 0 bridgehead atoms. The smallest absolute Gasteiger partial charge is 0.331 e. The van der Waals surface area contributed by atoms with Crippen molar-refractivity contribution >= 4 is 23.8 Å². The molecule has 0 atom stereocenters.